The van der Waals surface area contributed by atoms with Gasteiger partial charge in [-0.05, 0) is 43.4 Å². The Kier molecular flexibility index (Phi) is 5.76. The number of aromatic hydroxyl groups is 1. The summed E-state index contributed by atoms with van der Waals surface area (Å²) >= 11 is 0. The van der Waals surface area contributed by atoms with Gasteiger partial charge >= 0.3 is 0 Å². The molecule has 0 atom stereocenters. The summed E-state index contributed by atoms with van der Waals surface area (Å²) in [6.45, 7) is 2.23. The number of nitrogens with zero attached hydrogens (tertiary/aromatic N) is 3. The number of anilines is 2. The van der Waals surface area contributed by atoms with Crippen LogP contribution in [0.5, 0.6) is 5.75 Å². The Balaban J connectivity index is 1.76. The summed E-state index contributed by atoms with van der Waals surface area (Å²) in [6.07, 6.45) is 15.1. The summed E-state index contributed by atoms with van der Waals surface area (Å²) < 4.78 is 0. The van der Waals surface area contributed by atoms with E-state index in [9.17, 15) is 5.11 Å². The van der Waals surface area contributed by atoms with E-state index in [4.69, 9.17) is 0 Å². The van der Waals surface area contributed by atoms with Crippen molar-refractivity contribution in [1.29, 1.82) is 0 Å². The molecule has 2 aliphatic heterocycles. The van der Waals surface area contributed by atoms with E-state index >= 15 is 0 Å². The molecule has 134 valence electrons. The fourth-order valence-corrected chi connectivity index (χ4v) is 3.70. The quantitative estimate of drug-likeness (QED) is 0.474. The molecule has 1 aromatic rings. The lowest BCUT2D eigenvalue weighted by atomic mass is 9.90. The second kappa shape index (κ2) is 8.21. The zero-order valence-electron chi connectivity index (χ0n) is 15.3. The Morgan fingerprint density at radius 1 is 1.28 bits per heavy atom. The van der Waals surface area contributed by atoms with E-state index in [1.165, 1.54) is 17.7 Å². The van der Waals surface area contributed by atoms with Gasteiger partial charge in [0, 0.05) is 44.0 Å². The summed E-state index contributed by atoms with van der Waals surface area (Å²) in [7, 11) is 3.90. The number of benzene rings is 1. The Morgan fingerprint density at radius 2 is 2.08 bits per heavy atom. The molecule has 5 nitrogen and oxygen atoms in total. The minimum atomic E-state index is 0.405. The number of nitrogens with two attached hydrogens (primary N) is 1. The molecule has 0 amide bonds. The van der Waals surface area contributed by atoms with Gasteiger partial charge in [-0.25, -0.2) is 0 Å². The molecule has 2 heterocycles. The third-order valence-electron chi connectivity index (χ3n) is 4.87. The zero-order chi connectivity index (χ0) is 17.6. The van der Waals surface area contributed by atoms with E-state index < -0.39 is 0 Å². The van der Waals surface area contributed by atoms with Gasteiger partial charge in [0.25, 0.3) is 0 Å². The van der Waals surface area contributed by atoms with Gasteiger partial charge in [-0.3, -0.25) is 5.01 Å². The van der Waals surface area contributed by atoms with Crippen molar-refractivity contribution in [2.24, 2.45) is 5.10 Å². The fraction of sp³-hybridized carbons (Fsp3) is 0.450. The van der Waals surface area contributed by atoms with Crippen LogP contribution in [-0.2, 0) is 12.8 Å². The van der Waals surface area contributed by atoms with Crippen molar-refractivity contribution in [3.8, 4) is 5.75 Å². The second-order valence-corrected chi connectivity index (χ2v) is 6.63. The molecular formula is C20H29N4O+. The van der Waals surface area contributed by atoms with E-state index in [-0.39, 0.29) is 0 Å². The third-order valence-corrected chi connectivity index (χ3v) is 4.87. The first kappa shape index (κ1) is 17.5. The highest BCUT2D eigenvalue weighted by Gasteiger charge is 2.28. The summed E-state index contributed by atoms with van der Waals surface area (Å²) in [6, 6.07) is 2.12. The van der Waals surface area contributed by atoms with E-state index in [2.05, 4.69) is 22.1 Å². The Hall–Kier alpha value is -2.27. The molecular weight excluding hydrogens is 312 g/mol. The van der Waals surface area contributed by atoms with Crippen LogP contribution in [0.3, 0.4) is 0 Å². The SMILES string of the molecule is C[NH2+]/C=C\C=C/C/C=N/N(C)c1cc2c3c(c1O)CCCN3CCC2. The van der Waals surface area contributed by atoms with Crippen LogP contribution >= 0.6 is 0 Å². The number of allylic oxidation sites excluding steroid dienone is 3. The number of hydrazone groups is 1. The van der Waals surface area contributed by atoms with Crippen LogP contribution in [0.1, 0.15) is 30.4 Å². The van der Waals surface area contributed by atoms with Crippen LogP contribution in [0.4, 0.5) is 11.4 Å². The number of phenolic OH excluding ortho intramolecular Hbond substituents is 1. The first-order valence-corrected chi connectivity index (χ1v) is 9.22. The van der Waals surface area contributed by atoms with E-state index in [1.807, 2.05) is 44.0 Å². The minimum absolute atomic E-state index is 0.405. The number of hydrogen-bond acceptors (Lipinski definition) is 4. The molecule has 0 spiro atoms. The van der Waals surface area contributed by atoms with Crippen LogP contribution < -0.4 is 15.2 Å². The van der Waals surface area contributed by atoms with Gasteiger partial charge in [-0.2, -0.15) is 5.10 Å². The van der Waals surface area contributed by atoms with Crippen molar-refractivity contribution < 1.29 is 10.4 Å². The van der Waals surface area contributed by atoms with Gasteiger partial charge in [0.2, 0.25) is 0 Å². The summed E-state index contributed by atoms with van der Waals surface area (Å²) in [5.41, 5.74) is 4.58. The molecule has 0 saturated carbocycles. The topological polar surface area (TPSA) is 55.7 Å². The van der Waals surface area contributed by atoms with Crippen LogP contribution in [0.15, 0.2) is 35.6 Å². The monoisotopic (exact) mass is 341 g/mol. The Morgan fingerprint density at radius 3 is 2.88 bits per heavy atom. The molecule has 0 aromatic heterocycles. The molecule has 0 radical (unpaired) electrons. The molecule has 0 unspecified atom stereocenters. The Labute approximate surface area is 150 Å². The maximum atomic E-state index is 10.8. The number of aryl methyl sites for hydroxylation is 1. The average Bonchev–Trinajstić information content (AvgIpc) is 2.63. The van der Waals surface area contributed by atoms with Gasteiger partial charge in [0.1, 0.15) is 11.4 Å². The molecule has 0 saturated heterocycles. The van der Waals surface area contributed by atoms with E-state index in [0.717, 1.165) is 50.0 Å². The second-order valence-electron chi connectivity index (χ2n) is 6.63. The highest BCUT2D eigenvalue weighted by atomic mass is 16.3. The summed E-state index contributed by atoms with van der Waals surface area (Å²) in [5, 5.41) is 19.1. The first-order valence-electron chi connectivity index (χ1n) is 9.22. The largest absolute Gasteiger partial charge is 0.505 e. The maximum absolute atomic E-state index is 10.8. The molecule has 0 aliphatic carbocycles. The highest BCUT2D eigenvalue weighted by molar-refractivity contribution is 5.76. The van der Waals surface area contributed by atoms with Crippen molar-refractivity contribution in [3.05, 3.63) is 41.6 Å². The fourth-order valence-electron chi connectivity index (χ4n) is 3.70. The maximum Gasteiger partial charge on any atom is 0.146 e. The van der Waals surface area contributed by atoms with Gasteiger partial charge < -0.3 is 15.3 Å². The number of quaternary nitrogens is 1. The van der Waals surface area contributed by atoms with E-state index in [1.54, 1.807) is 5.01 Å². The van der Waals surface area contributed by atoms with Crippen LogP contribution in [-0.4, -0.2) is 38.5 Å². The van der Waals surface area contributed by atoms with Crippen molar-refractivity contribution >= 4 is 17.6 Å². The molecule has 25 heavy (non-hydrogen) atoms. The lowest BCUT2D eigenvalue weighted by molar-refractivity contribution is -0.556. The number of rotatable bonds is 6. The minimum Gasteiger partial charge on any atom is -0.505 e. The third kappa shape index (κ3) is 3.87. The summed E-state index contributed by atoms with van der Waals surface area (Å²) in [5.74, 6) is 0.405. The smallest absolute Gasteiger partial charge is 0.146 e. The van der Waals surface area contributed by atoms with Gasteiger partial charge in [0.05, 0.1) is 13.2 Å². The average molecular weight is 341 g/mol. The molecule has 2 aliphatic rings. The predicted octanol–water partition coefficient (Wildman–Crippen LogP) is 2.17. The molecule has 0 fully saturated rings. The van der Waals surface area contributed by atoms with Gasteiger partial charge in [-0.1, -0.05) is 12.2 Å². The van der Waals surface area contributed by atoms with Gasteiger partial charge in [-0.15, -0.1) is 0 Å². The highest BCUT2D eigenvalue weighted by Crippen LogP contribution is 2.45. The van der Waals surface area contributed by atoms with Crippen molar-refractivity contribution in [2.75, 3.05) is 37.1 Å². The van der Waals surface area contributed by atoms with Crippen molar-refractivity contribution in [3.63, 3.8) is 0 Å². The van der Waals surface area contributed by atoms with Crippen LogP contribution in [0.2, 0.25) is 0 Å². The molecule has 3 N–H and O–H groups in total. The van der Waals surface area contributed by atoms with Crippen molar-refractivity contribution in [1.82, 2.24) is 0 Å². The zero-order valence-corrected chi connectivity index (χ0v) is 15.3. The van der Waals surface area contributed by atoms with Crippen molar-refractivity contribution in [2.45, 2.75) is 32.1 Å². The molecule has 3 rings (SSSR count). The number of phenols is 1. The van der Waals surface area contributed by atoms with Crippen LogP contribution in [0.25, 0.3) is 0 Å². The normalized spacial score (nSPS) is 17.0. The molecule has 1 aromatic carbocycles. The molecule has 0 bridgehead atoms. The number of hydrogen-bond donors (Lipinski definition) is 2. The van der Waals surface area contributed by atoms with Crippen LogP contribution in [0, 0.1) is 0 Å². The first-order chi connectivity index (χ1) is 12.2. The lowest BCUT2D eigenvalue weighted by Crippen LogP contribution is -2.72. The Bertz CT molecular complexity index is 691. The summed E-state index contributed by atoms with van der Waals surface area (Å²) in [4.78, 5) is 2.44. The molecule has 5 heteroatoms. The van der Waals surface area contributed by atoms with Gasteiger partial charge in [0.15, 0.2) is 0 Å². The predicted molar refractivity (Wildman–Crippen MR) is 105 cm³/mol. The standard InChI is InChI=1S/C20H28N4O/c1-21-11-5-3-4-6-12-22-23(2)18-15-16-9-7-13-24-14-8-10-17(19(16)24)20(18)25/h3-5,11-12,15,21,25H,6-10,13-14H2,1-2H3/p+1/b4-3-,11-5-,22-12+. The lowest BCUT2D eigenvalue weighted by Gasteiger charge is -2.38. The van der Waals surface area contributed by atoms with E-state index in [0.29, 0.717) is 5.75 Å².